The standard InChI is InChI=1S/C18H26FN3O2/c1-14(18(23)20-12-15-6-11-24-13-15)21-7-9-22(10-8-21)17-4-2-16(19)3-5-17/h2-5,14-15H,6-13H2,1H3,(H,20,23)/t14-,15-/m1/s1. The van der Waals surface area contributed by atoms with Gasteiger partial charge in [0.05, 0.1) is 12.6 Å². The number of amides is 1. The first-order chi connectivity index (χ1) is 11.6. The van der Waals surface area contributed by atoms with Crippen LogP contribution in [0.2, 0.25) is 0 Å². The Hall–Kier alpha value is -1.66. The van der Waals surface area contributed by atoms with Crippen LogP contribution in [-0.2, 0) is 9.53 Å². The third-order valence-electron chi connectivity index (χ3n) is 5.02. The normalized spacial score (nSPS) is 23.2. The fourth-order valence-corrected chi connectivity index (χ4v) is 3.32. The maximum absolute atomic E-state index is 13.0. The minimum absolute atomic E-state index is 0.0946. The number of rotatable bonds is 5. The van der Waals surface area contributed by atoms with Crippen LogP contribution in [-0.4, -0.2) is 62.8 Å². The number of anilines is 1. The zero-order valence-corrected chi connectivity index (χ0v) is 14.2. The maximum atomic E-state index is 13.0. The van der Waals surface area contributed by atoms with E-state index >= 15 is 0 Å². The van der Waals surface area contributed by atoms with Gasteiger partial charge in [0.1, 0.15) is 5.82 Å². The third kappa shape index (κ3) is 4.24. The molecule has 0 aromatic heterocycles. The highest BCUT2D eigenvalue weighted by Gasteiger charge is 2.26. The van der Waals surface area contributed by atoms with Gasteiger partial charge >= 0.3 is 0 Å². The van der Waals surface area contributed by atoms with Gasteiger partial charge in [-0.3, -0.25) is 9.69 Å². The van der Waals surface area contributed by atoms with Crippen LogP contribution in [0.1, 0.15) is 13.3 Å². The van der Waals surface area contributed by atoms with Crippen LogP contribution in [0.5, 0.6) is 0 Å². The van der Waals surface area contributed by atoms with Crippen LogP contribution in [0.4, 0.5) is 10.1 Å². The summed E-state index contributed by atoms with van der Waals surface area (Å²) in [6, 6.07) is 6.48. The minimum Gasteiger partial charge on any atom is -0.381 e. The quantitative estimate of drug-likeness (QED) is 0.885. The summed E-state index contributed by atoms with van der Waals surface area (Å²) < 4.78 is 18.4. The molecular formula is C18H26FN3O2. The highest BCUT2D eigenvalue weighted by atomic mass is 19.1. The molecule has 1 aromatic carbocycles. The summed E-state index contributed by atoms with van der Waals surface area (Å²) in [4.78, 5) is 16.8. The molecule has 0 saturated carbocycles. The summed E-state index contributed by atoms with van der Waals surface area (Å²) in [5.74, 6) is 0.337. The lowest BCUT2D eigenvalue weighted by atomic mass is 10.1. The van der Waals surface area contributed by atoms with Crippen molar-refractivity contribution in [2.45, 2.75) is 19.4 Å². The van der Waals surface area contributed by atoms with E-state index in [0.29, 0.717) is 12.5 Å². The van der Waals surface area contributed by atoms with Crippen molar-refractivity contribution in [2.75, 3.05) is 50.8 Å². The summed E-state index contributed by atoms with van der Waals surface area (Å²) in [6.07, 6.45) is 1.03. The number of halogens is 1. The Labute approximate surface area is 142 Å². The van der Waals surface area contributed by atoms with E-state index in [1.807, 2.05) is 19.1 Å². The maximum Gasteiger partial charge on any atom is 0.237 e. The lowest BCUT2D eigenvalue weighted by Crippen LogP contribution is -2.54. The fourth-order valence-electron chi connectivity index (χ4n) is 3.32. The highest BCUT2D eigenvalue weighted by Crippen LogP contribution is 2.18. The van der Waals surface area contributed by atoms with Crippen LogP contribution in [0.15, 0.2) is 24.3 Å². The molecule has 132 valence electrons. The lowest BCUT2D eigenvalue weighted by molar-refractivity contribution is -0.126. The Morgan fingerprint density at radius 2 is 2.00 bits per heavy atom. The van der Waals surface area contributed by atoms with Gasteiger partial charge in [-0.1, -0.05) is 0 Å². The molecule has 6 heteroatoms. The number of nitrogens with zero attached hydrogens (tertiary/aromatic N) is 2. The third-order valence-corrected chi connectivity index (χ3v) is 5.02. The number of hydrogen-bond donors (Lipinski definition) is 1. The van der Waals surface area contributed by atoms with E-state index in [-0.39, 0.29) is 17.8 Å². The summed E-state index contributed by atoms with van der Waals surface area (Å²) in [7, 11) is 0. The number of hydrogen-bond acceptors (Lipinski definition) is 4. The second-order valence-corrected chi connectivity index (χ2v) is 6.65. The van der Waals surface area contributed by atoms with Crippen LogP contribution in [0.25, 0.3) is 0 Å². The SMILES string of the molecule is C[C@H](C(=O)NC[C@H]1CCOC1)N1CCN(c2ccc(F)cc2)CC1. The number of benzene rings is 1. The van der Waals surface area contributed by atoms with Gasteiger partial charge < -0.3 is 15.0 Å². The van der Waals surface area contributed by atoms with Gasteiger partial charge in [-0.15, -0.1) is 0 Å². The number of nitrogens with one attached hydrogen (secondary N) is 1. The van der Waals surface area contributed by atoms with Crippen molar-refractivity contribution in [2.24, 2.45) is 5.92 Å². The largest absolute Gasteiger partial charge is 0.381 e. The van der Waals surface area contributed by atoms with E-state index in [0.717, 1.165) is 51.5 Å². The van der Waals surface area contributed by atoms with Gasteiger partial charge in [0.2, 0.25) is 5.91 Å². The molecule has 2 atom stereocenters. The molecular weight excluding hydrogens is 309 g/mol. The average molecular weight is 335 g/mol. The van der Waals surface area contributed by atoms with Crippen molar-refractivity contribution in [3.63, 3.8) is 0 Å². The number of piperazine rings is 1. The summed E-state index contributed by atoms with van der Waals surface area (Å²) in [5.41, 5.74) is 1.04. The predicted octanol–water partition coefficient (Wildman–Crippen LogP) is 1.49. The summed E-state index contributed by atoms with van der Waals surface area (Å²) >= 11 is 0. The van der Waals surface area contributed by atoms with E-state index in [1.54, 1.807) is 0 Å². The molecule has 24 heavy (non-hydrogen) atoms. The smallest absolute Gasteiger partial charge is 0.237 e. The number of ether oxygens (including phenoxy) is 1. The molecule has 1 aromatic rings. The first-order valence-electron chi connectivity index (χ1n) is 8.73. The Balaban J connectivity index is 1.44. The Bertz CT molecular complexity index is 538. The van der Waals surface area contributed by atoms with E-state index in [1.165, 1.54) is 12.1 Å². The first-order valence-corrected chi connectivity index (χ1v) is 8.73. The second kappa shape index (κ2) is 7.94. The predicted molar refractivity (Wildman–Crippen MR) is 91.6 cm³/mol. The lowest BCUT2D eigenvalue weighted by Gasteiger charge is -2.38. The monoisotopic (exact) mass is 335 g/mol. The second-order valence-electron chi connectivity index (χ2n) is 6.65. The van der Waals surface area contributed by atoms with E-state index in [4.69, 9.17) is 4.74 Å². The Morgan fingerprint density at radius 3 is 2.62 bits per heavy atom. The molecule has 2 heterocycles. The van der Waals surface area contributed by atoms with E-state index in [2.05, 4.69) is 15.1 Å². The molecule has 0 bridgehead atoms. The van der Waals surface area contributed by atoms with Crippen molar-refractivity contribution in [1.82, 2.24) is 10.2 Å². The van der Waals surface area contributed by atoms with Crippen molar-refractivity contribution >= 4 is 11.6 Å². The molecule has 2 fully saturated rings. The molecule has 0 radical (unpaired) electrons. The van der Waals surface area contributed by atoms with Gasteiger partial charge in [-0.2, -0.15) is 0 Å². The van der Waals surface area contributed by atoms with Crippen molar-refractivity contribution in [3.05, 3.63) is 30.1 Å². The molecule has 2 saturated heterocycles. The number of carbonyl (C=O) groups excluding carboxylic acids is 1. The fraction of sp³-hybridized carbons (Fsp3) is 0.611. The molecule has 2 aliphatic heterocycles. The van der Waals surface area contributed by atoms with Crippen LogP contribution >= 0.6 is 0 Å². The van der Waals surface area contributed by atoms with Crippen LogP contribution in [0, 0.1) is 11.7 Å². The highest BCUT2D eigenvalue weighted by molar-refractivity contribution is 5.81. The molecule has 0 spiro atoms. The molecule has 1 amide bonds. The molecule has 5 nitrogen and oxygen atoms in total. The molecule has 1 N–H and O–H groups in total. The van der Waals surface area contributed by atoms with E-state index < -0.39 is 0 Å². The molecule has 0 unspecified atom stereocenters. The summed E-state index contributed by atoms with van der Waals surface area (Å²) in [5, 5.41) is 3.05. The van der Waals surface area contributed by atoms with Gasteiger partial charge in [0.25, 0.3) is 0 Å². The van der Waals surface area contributed by atoms with Gasteiger partial charge in [-0.05, 0) is 37.6 Å². The minimum atomic E-state index is -0.213. The first kappa shape index (κ1) is 17.2. The van der Waals surface area contributed by atoms with E-state index in [9.17, 15) is 9.18 Å². The average Bonchev–Trinajstić information content (AvgIpc) is 3.13. The molecule has 3 rings (SSSR count). The van der Waals surface area contributed by atoms with Crippen molar-refractivity contribution in [3.8, 4) is 0 Å². The van der Waals surface area contributed by atoms with Crippen LogP contribution in [0.3, 0.4) is 0 Å². The Kier molecular flexibility index (Phi) is 5.68. The molecule has 2 aliphatic rings. The van der Waals surface area contributed by atoms with Crippen LogP contribution < -0.4 is 10.2 Å². The van der Waals surface area contributed by atoms with Gasteiger partial charge in [0.15, 0.2) is 0 Å². The van der Waals surface area contributed by atoms with Crippen molar-refractivity contribution < 1.29 is 13.9 Å². The summed E-state index contributed by atoms with van der Waals surface area (Å²) in [6.45, 7) is 7.59. The topological polar surface area (TPSA) is 44.8 Å². The van der Waals surface area contributed by atoms with Gasteiger partial charge in [0, 0.05) is 50.9 Å². The zero-order chi connectivity index (χ0) is 16.9. The molecule has 0 aliphatic carbocycles. The van der Waals surface area contributed by atoms with Crippen molar-refractivity contribution in [1.29, 1.82) is 0 Å². The number of carbonyl (C=O) groups is 1. The Morgan fingerprint density at radius 1 is 1.29 bits per heavy atom. The van der Waals surface area contributed by atoms with Gasteiger partial charge in [-0.25, -0.2) is 4.39 Å². The zero-order valence-electron chi connectivity index (χ0n) is 14.2.